The van der Waals surface area contributed by atoms with Gasteiger partial charge in [-0.3, -0.25) is 0 Å². The number of halogens is 3. The van der Waals surface area contributed by atoms with Crippen LogP contribution in [0.4, 0.5) is 0 Å². The van der Waals surface area contributed by atoms with Crippen molar-refractivity contribution in [2.45, 2.75) is 29.3 Å². The van der Waals surface area contributed by atoms with E-state index < -0.39 is 8.88 Å². The van der Waals surface area contributed by atoms with Gasteiger partial charge in [-0.1, -0.05) is 61.6 Å². The Kier molecular flexibility index (Phi) is 3.91. The van der Waals surface area contributed by atoms with E-state index in [1.54, 1.807) is 6.07 Å². The number of fused-ring (bicyclic) bond motifs is 1. The predicted molar refractivity (Wildman–Crippen MR) is 82.5 cm³/mol. The van der Waals surface area contributed by atoms with Crippen LogP contribution in [0.3, 0.4) is 0 Å². The molecule has 0 saturated carbocycles. The Bertz CT molecular complexity index is 664. The first-order valence-corrected chi connectivity index (χ1v) is 7.41. The molecule has 0 aliphatic heterocycles. The van der Waals surface area contributed by atoms with Crippen molar-refractivity contribution >= 4 is 57.9 Å². The first kappa shape index (κ1) is 15.1. The summed E-state index contributed by atoms with van der Waals surface area (Å²) in [6.45, 7) is 6.25. The molecule has 0 spiro atoms. The number of aromatic nitrogens is 1. The Balaban J connectivity index is 2.63. The Morgan fingerprint density at radius 2 is 1.84 bits per heavy atom. The highest BCUT2D eigenvalue weighted by Crippen LogP contribution is 2.40. The van der Waals surface area contributed by atoms with E-state index in [2.05, 4.69) is 20.8 Å². The molecule has 0 amide bonds. The lowest BCUT2D eigenvalue weighted by Gasteiger charge is -2.19. The van der Waals surface area contributed by atoms with Crippen LogP contribution in [-0.2, 0) is 5.41 Å². The monoisotopic (exact) mass is 339 g/mol. The van der Waals surface area contributed by atoms with Crippen LogP contribution < -0.4 is 5.76 Å². The van der Waals surface area contributed by atoms with Gasteiger partial charge in [-0.25, -0.2) is 8.77 Å². The van der Waals surface area contributed by atoms with Gasteiger partial charge in [-0.15, -0.1) is 0 Å². The molecule has 0 fully saturated rings. The fourth-order valence-electron chi connectivity index (χ4n) is 1.65. The van der Waals surface area contributed by atoms with Crippen LogP contribution in [0.2, 0.25) is 0 Å². The number of oxazole rings is 1. The van der Waals surface area contributed by atoms with Crippen LogP contribution >= 0.6 is 46.8 Å². The summed E-state index contributed by atoms with van der Waals surface area (Å²) in [5, 5.41) is 0. The summed E-state index contributed by atoms with van der Waals surface area (Å²) in [5.74, 6) is -0.558. The summed E-state index contributed by atoms with van der Waals surface area (Å²) in [5.41, 5.74) is 2.10. The van der Waals surface area contributed by atoms with Crippen LogP contribution in [-0.4, -0.2) is 7.10 Å². The van der Waals surface area contributed by atoms with Crippen LogP contribution in [0.15, 0.2) is 27.4 Å². The first-order valence-electron chi connectivity index (χ1n) is 5.50. The van der Waals surface area contributed by atoms with Crippen molar-refractivity contribution < 1.29 is 4.42 Å². The van der Waals surface area contributed by atoms with Gasteiger partial charge >= 0.3 is 5.76 Å². The molecule has 1 aromatic heterocycles. The Morgan fingerprint density at radius 1 is 1.21 bits per heavy atom. The van der Waals surface area contributed by atoms with E-state index >= 15 is 0 Å². The minimum Gasteiger partial charge on any atom is -0.407 e. The van der Waals surface area contributed by atoms with Crippen LogP contribution in [0.1, 0.15) is 26.3 Å². The zero-order valence-corrected chi connectivity index (χ0v) is 13.6. The Hall–Kier alpha value is -0.290. The molecule has 0 saturated heterocycles. The molecular weight excluding hydrogens is 329 g/mol. The molecule has 0 radical (unpaired) electrons. The fraction of sp³-hybridized carbons (Fsp3) is 0.417. The molecule has 1 aromatic carbocycles. The molecule has 104 valence electrons. The normalized spacial score (nSPS) is 13.2. The van der Waals surface area contributed by atoms with Crippen LogP contribution in [0, 0.1) is 0 Å². The van der Waals surface area contributed by atoms with Crippen LogP contribution in [0.5, 0.6) is 0 Å². The average molecular weight is 341 g/mol. The van der Waals surface area contributed by atoms with E-state index in [4.69, 9.17) is 39.2 Å². The lowest BCUT2D eigenvalue weighted by molar-refractivity contribution is 0.549. The van der Waals surface area contributed by atoms with Gasteiger partial charge in [0.1, 0.15) is 5.52 Å². The van der Waals surface area contributed by atoms with Gasteiger partial charge in [0.05, 0.1) is 0 Å². The lowest BCUT2D eigenvalue weighted by Crippen LogP contribution is -2.14. The fourth-order valence-corrected chi connectivity index (χ4v) is 2.83. The maximum absolute atomic E-state index is 11.8. The summed E-state index contributed by atoms with van der Waals surface area (Å²) >= 11 is 17.9. The van der Waals surface area contributed by atoms with Crippen molar-refractivity contribution in [3.63, 3.8) is 0 Å². The van der Waals surface area contributed by atoms with Gasteiger partial charge in [0, 0.05) is 11.9 Å². The molecule has 1 heterocycles. The van der Waals surface area contributed by atoms with Crippen molar-refractivity contribution in [1.82, 2.24) is 3.97 Å². The molecule has 19 heavy (non-hydrogen) atoms. The molecule has 2 aromatic rings. The van der Waals surface area contributed by atoms with E-state index in [0.29, 0.717) is 11.1 Å². The molecule has 3 nitrogen and oxygen atoms in total. The largest absolute Gasteiger partial charge is 0.430 e. The zero-order valence-electron chi connectivity index (χ0n) is 10.5. The van der Waals surface area contributed by atoms with E-state index in [-0.39, 0.29) is 5.41 Å². The highest BCUT2D eigenvalue weighted by molar-refractivity contribution is 8.03. The molecule has 0 N–H and O–H groups in total. The lowest BCUT2D eigenvalue weighted by atomic mass is 9.87. The minimum atomic E-state index is -1.63. The van der Waals surface area contributed by atoms with Crippen molar-refractivity contribution in [2.24, 2.45) is 0 Å². The second-order valence-corrected chi connectivity index (χ2v) is 9.25. The van der Waals surface area contributed by atoms with E-state index in [1.165, 1.54) is 3.97 Å². The van der Waals surface area contributed by atoms with Gasteiger partial charge in [0.2, 0.25) is 0 Å². The highest BCUT2D eigenvalue weighted by Gasteiger charge is 2.26. The van der Waals surface area contributed by atoms with E-state index in [9.17, 15) is 4.79 Å². The van der Waals surface area contributed by atoms with E-state index in [0.717, 1.165) is 17.5 Å². The molecule has 0 aliphatic carbocycles. The quantitative estimate of drug-likeness (QED) is 0.705. The first-order chi connectivity index (χ1) is 8.58. The van der Waals surface area contributed by atoms with Gasteiger partial charge in [-0.2, -0.15) is 0 Å². The summed E-state index contributed by atoms with van der Waals surface area (Å²) in [7, 11) is 0. The summed E-state index contributed by atoms with van der Waals surface area (Å²) in [6.07, 6.45) is 0. The molecule has 0 bridgehead atoms. The summed E-state index contributed by atoms with van der Waals surface area (Å²) < 4.78 is 4.76. The van der Waals surface area contributed by atoms with Gasteiger partial charge in [-0.05, 0) is 23.1 Å². The zero-order chi connectivity index (χ0) is 14.4. The van der Waals surface area contributed by atoms with Crippen molar-refractivity contribution in [3.05, 3.63) is 34.3 Å². The van der Waals surface area contributed by atoms with Crippen LogP contribution in [0.25, 0.3) is 11.1 Å². The second-order valence-electron chi connectivity index (χ2n) is 5.13. The molecular formula is C12H12Cl3NO2S. The highest BCUT2D eigenvalue weighted by atomic mass is 35.6. The topological polar surface area (TPSA) is 35.1 Å². The predicted octanol–water partition coefficient (Wildman–Crippen LogP) is 4.72. The molecule has 0 unspecified atom stereocenters. The smallest absolute Gasteiger partial charge is 0.407 e. The van der Waals surface area contributed by atoms with Crippen molar-refractivity contribution in [1.29, 1.82) is 0 Å². The minimum absolute atomic E-state index is 0.0447. The third-order valence-electron chi connectivity index (χ3n) is 2.60. The summed E-state index contributed by atoms with van der Waals surface area (Å²) in [4.78, 5) is 11.8. The average Bonchev–Trinajstić information content (AvgIpc) is 2.51. The molecule has 2 rings (SSSR count). The Labute approximate surface area is 129 Å². The third-order valence-corrected chi connectivity index (χ3v) is 3.96. The number of rotatable bonds is 1. The summed E-state index contributed by atoms with van der Waals surface area (Å²) in [6, 6.07) is 5.56. The van der Waals surface area contributed by atoms with Gasteiger partial charge < -0.3 is 4.42 Å². The molecule has 0 aliphatic rings. The van der Waals surface area contributed by atoms with Gasteiger partial charge in [0.25, 0.3) is 3.12 Å². The number of nitrogens with zero attached hydrogens (tertiary/aromatic N) is 1. The number of hydrogen-bond donors (Lipinski definition) is 0. The third kappa shape index (κ3) is 3.43. The maximum Gasteiger partial charge on any atom is 0.430 e. The number of hydrogen-bond acceptors (Lipinski definition) is 3. The van der Waals surface area contributed by atoms with Gasteiger partial charge in [0.15, 0.2) is 5.58 Å². The van der Waals surface area contributed by atoms with Crippen molar-refractivity contribution in [3.8, 4) is 0 Å². The maximum atomic E-state index is 11.8. The number of benzene rings is 1. The van der Waals surface area contributed by atoms with Crippen molar-refractivity contribution in [2.75, 3.05) is 0 Å². The molecule has 7 heteroatoms. The number of alkyl halides is 3. The van der Waals surface area contributed by atoms with E-state index in [1.807, 2.05) is 12.1 Å². The SMILES string of the molecule is CC(C)(C)c1ccc2oc(=O)n(SC(Cl)(Cl)Cl)c2c1. The second kappa shape index (κ2) is 4.92. The standard InChI is InChI=1S/C12H12Cl3NO2S/c1-11(2,3)7-4-5-9-8(6-7)16(10(17)18-9)19-12(13,14)15/h4-6H,1-3H3. The molecule has 0 atom stereocenters. The Morgan fingerprint density at radius 3 is 2.37 bits per heavy atom.